The normalized spacial score (nSPS) is 18.3. The predicted octanol–water partition coefficient (Wildman–Crippen LogP) is 1.68. The number of amides is 2. The fourth-order valence-electron chi connectivity index (χ4n) is 2.95. The van der Waals surface area contributed by atoms with Gasteiger partial charge in [0.25, 0.3) is 0 Å². The molecule has 2 rings (SSSR count). The van der Waals surface area contributed by atoms with Crippen molar-refractivity contribution in [2.75, 3.05) is 39.9 Å². The van der Waals surface area contributed by atoms with Crippen molar-refractivity contribution in [3.63, 3.8) is 0 Å². The van der Waals surface area contributed by atoms with E-state index < -0.39 is 0 Å². The Balaban J connectivity index is 2.09. The molecule has 0 saturated carbocycles. The van der Waals surface area contributed by atoms with Gasteiger partial charge < -0.3 is 19.3 Å². The van der Waals surface area contributed by atoms with Crippen molar-refractivity contribution in [3.8, 4) is 0 Å². The molecule has 2 amide bonds. The number of carbonyl (C=O) groups excluding carboxylic acids is 2. The van der Waals surface area contributed by atoms with Gasteiger partial charge in [-0.3, -0.25) is 9.59 Å². The summed E-state index contributed by atoms with van der Waals surface area (Å²) in [7, 11) is 1.44. The molecule has 1 aliphatic heterocycles. The van der Waals surface area contributed by atoms with Gasteiger partial charge in [-0.1, -0.05) is 26.0 Å². The molecular weight excluding hydrogens is 339 g/mol. The van der Waals surface area contributed by atoms with Crippen molar-refractivity contribution in [1.82, 2.24) is 9.80 Å². The number of halogens is 1. The molecule has 0 bridgehead atoms. The fraction of sp³-hybridized carbons (Fsp3) is 0.579. The molecular formula is C19H27FN2O4. The topological polar surface area (TPSA) is 59.1 Å². The molecule has 1 aromatic rings. The van der Waals surface area contributed by atoms with Gasteiger partial charge in [0.2, 0.25) is 11.8 Å². The molecule has 1 fully saturated rings. The molecule has 0 radical (unpaired) electrons. The van der Waals surface area contributed by atoms with Crippen LogP contribution in [-0.2, 0) is 25.7 Å². The van der Waals surface area contributed by atoms with Crippen LogP contribution in [0.4, 0.5) is 4.39 Å². The summed E-state index contributed by atoms with van der Waals surface area (Å²) in [5.74, 6) is -0.351. The number of ether oxygens (including phenoxy) is 2. The third kappa shape index (κ3) is 6.07. The van der Waals surface area contributed by atoms with Crippen LogP contribution >= 0.6 is 0 Å². The first-order valence-corrected chi connectivity index (χ1v) is 8.79. The number of benzene rings is 1. The first-order chi connectivity index (χ1) is 12.4. The SMILES string of the molecule is COCC(=O)N1CC(=O)N(CC(C)C)CC(OCc2cccc(F)c2)C1. The third-order valence-corrected chi connectivity index (χ3v) is 4.11. The van der Waals surface area contributed by atoms with Crippen molar-refractivity contribution in [1.29, 1.82) is 0 Å². The lowest BCUT2D eigenvalue weighted by Crippen LogP contribution is -2.41. The Morgan fingerprint density at radius 3 is 2.77 bits per heavy atom. The van der Waals surface area contributed by atoms with Gasteiger partial charge in [0.1, 0.15) is 12.4 Å². The highest BCUT2D eigenvalue weighted by molar-refractivity contribution is 5.86. The van der Waals surface area contributed by atoms with E-state index in [-0.39, 0.29) is 43.5 Å². The number of carbonyl (C=O) groups is 2. The first-order valence-electron chi connectivity index (χ1n) is 8.79. The monoisotopic (exact) mass is 366 g/mol. The predicted molar refractivity (Wildman–Crippen MR) is 94.9 cm³/mol. The molecule has 0 aromatic heterocycles. The van der Waals surface area contributed by atoms with Crippen molar-refractivity contribution < 1.29 is 23.5 Å². The van der Waals surface area contributed by atoms with E-state index in [1.54, 1.807) is 17.0 Å². The molecule has 1 aromatic carbocycles. The maximum absolute atomic E-state index is 13.3. The minimum absolute atomic E-state index is 0.0226. The lowest BCUT2D eigenvalue weighted by Gasteiger charge is -2.26. The molecule has 1 atom stereocenters. The number of rotatable bonds is 7. The van der Waals surface area contributed by atoms with Crippen molar-refractivity contribution in [2.45, 2.75) is 26.6 Å². The second-order valence-corrected chi connectivity index (χ2v) is 6.96. The Morgan fingerprint density at radius 2 is 2.12 bits per heavy atom. The van der Waals surface area contributed by atoms with Crippen LogP contribution in [0.1, 0.15) is 19.4 Å². The van der Waals surface area contributed by atoms with Crippen molar-refractivity contribution in [2.24, 2.45) is 5.92 Å². The highest BCUT2D eigenvalue weighted by Gasteiger charge is 2.31. The number of hydrogen-bond acceptors (Lipinski definition) is 4. The molecule has 26 heavy (non-hydrogen) atoms. The smallest absolute Gasteiger partial charge is 0.249 e. The van der Waals surface area contributed by atoms with E-state index in [9.17, 15) is 14.0 Å². The minimum Gasteiger partial charge on any atom is -0.375 e. The van der Waals surface area contributed by atoms with Crippen LogP contribution in [-0.4, -0.2) is 67.6 Å². The zero-order valence-electron chi connectivity index (χ0n) is 15.6. The van der Waals surface area contributed by atoms with E-state index >= 15 is 0 Å². The Kier molecular flexibility index (Phi) is 7.53. The molecule has 1 heterocycles. The molecule has 7 heteroatoms. The summed E-state index contributed by atoms with van der Waals surface area (Å²) in [4.78, 5) is 27.9. The average Bonchev–Trinajstić information content (AvgIpc) is 2.72. The van der Waals surface area contributed by atoms with Crippen LogP contribution in [0.5, 0.6) is 0 Å². The lowest BCUT2D eigenvalue weighted by atomic mass is 10.2. The maximum atomic E-state index is 13.3. The van der Waals surface area contributed by atoms with E-state index in [0.717, 1.165) is 0 Å². The number of nitrogens with zero attached hydrogens (tertiary/aromatic N) is 2. The van der Waals surface area contributed by atoms with E-state index in [2.05, 4.69) is 0 Å². The van der Waals surface area contributed by atoms with Crippen molar-refractivity contribution in [3.05, 3.63) is 35.6 Å². The lowest BCUT2D eigenvalue weighted by molar-refractivity contribution is -0.141. The van der Waals surface area contributed by atoms with Gasteiger partial charge in [0.05, 0.1) is 19.3 Å². The van der Waals surface area contributed by atoms with Crippen molar-refractivity contribution >= 4 is 11.8 Å². The molecule has 1 aliphatic rings. The van der Waals surface area contributed by atoms with Gasteiger partial charge in [-0.25, -0.2) is 4.39 Å². The summed E-state index contributed by atoms with van der Waals surface area (Å²) in [6, 6.07) is 6.21. The molecule has 1 unspecified atom stereocenters. The molecule has 0 spiro atoms. The van der Waals surface area contributed by atoms with Gasteiger partial charge in [-0.15, -0.1) is 0 Å². The van der Waals surface area contributed by atoms with Gasteiger partial charge in [-0.2, -0.15) is 0 Å². The highest BCUT2D eigenvalue weighted by atomic mass is 19.1. The fourth-order valence-corrected chi connectivity index (χ4v) is 2.95. The molecule has 6 nitrogen and oxygen atoms in total. The Hall–Kier alpha value is -1.99. The van der Waals surface area contributed by atoms with Crippen LogP contribution in [0.2, 0.25) is 0 Å². The molecule has 144 valence electrons. The summed E-state index contributed by atoms with van der Waals surface area (Å²) < 4.78 is 24.2. The molecule has 0 N–H and O–H groups in total. The standard InChI is InChI=1S/C19H27FN2O4/c1-14(2)8-21-9-17(26-12-15-5-4-6-16(20)7-15)10-22(11-18(21)23)19(24)13-25-3/h4-7,14,17H,8-13H2,1-3H3. The Labute approximate surface area is 153 Å². The van der Waals surface area contributed by atoms with Crippen LogP contribution < -0.4 is 0 Å². The van der Waals surface area contributed by atoms with Gasteiger partial charge in [-0.05, 0) is 23.6 Å². The summed E-state index contributed by atoms with van der Waals surface area (Å²) in [6.07, 6.45) is -0.343. The minimum atomic E-state index is -0.343. The number of hydrogen-bond donors (Lipinski definition) is 0. The zero-order valence-corrected chi connectivity index (χ0v) is 15.6. The first kappa shape index (κ1) is 20.3. The zero-order chi connectivity index (χ0) is 19.1. The quantitative estimate of drug-likeness (QED) is 0.737. The molecule has 0 aliphatic carbocycles. The average molecular weight is 366 g/mol. The van der Waals surface area contributed by atoms with Crippen LogP contribution in [0.25, 0.3) is 0 Å². The Bertz CT molecular complexity index is 623. The van der Waals surface area contributed by atoms with E-state index in [1.807, 2.05) is 13.8 Å². The van der Waals surface area contributed by atoms with Gasteiger partial charge in [0.15, 0.2) is 0 Å². The maximum Gasteiger partial charge on any atom is 0.249 e. The van der Waals surface area contributed by atoms with E-state index in [4.69, 9.17) is 9.47 Å². The second kappa shape index (κ2) is 9.64. The van der Waals surface area contributed by atoms with Gasteiger partial charge in [0, 0.05) is 26.7 Å². The largest absolute Gasteiger partial charge is 0.375 e. The molecule has 1 saturated heterocycles. The van der Waals surface area contributed by atoms with E-state index in [0.29, 0.717) is 31.1 Å². The van der Waals surface area contributed by atoms with Crippen LogP contribution in [0.15, 0.2) is 24.3 Å². The van der Waals surface area contributed by atoms with Gasteiger partial charge >= 0.3 is 0 Å². The second-order valence-electron chi connectivity index (χ2n) is 6.96. The third-order valence-electron chi connectivity index (χ3n) is 4.11. The highest BCUT2D eigenvalue weighted by Crippen LogP contribution is 2.13. The summed E-state index contributed by atoms with van der Waals surface area (Å²) >= 11 is 0. The summed E-state index contributed by atoms with van der Waals surface area (Å²) in [5.41, 5.74) is 0.714. The Morgan fingerprint density at radius 1 is 1.35 bits per heavy atom. The van der Waals surface area contributed by atoms with Crippen LogP contribution in [0, 0.1) is 11.7 Å². The number of methoxy groups -OCH3 is 1. The summed E-state index contributed by atoms with van der Waals surface area (Å²) in [6.45, 7) is 5.55. The van der Waals surface area contributed by atoms with E-state index in [1.165, 1.54) is 24.1 Å². The van der Waals surface area contributed by atoms with Crippen LogP contribution in [0.3, 0.4) is 0 Å². The summed E-state index contributed by atoms with van der Waals surface area (Å²) in [5, 5.41) is 0.